The van der Waals surface area contributed by atoms with Gasteiger partial charge in [0.2, 0.25) is 0 Å². The lowest BCUT2D eigenvalue weighted by atomic mass is 10.3. The van der Waals surface area contributed by atoms with Gasteiger partial charge in [-0.2, -0.15) is 0 Å². The first-order chi connectivity index (χ1) is 8.16. The lowest BCUT2D eigenvalue weighted by Gasteiger charge is -2.07. The van der Waals surface area contributed by atoms with E-state index in [-0.39, 0.29) is 11.1 Å². The predicted molar refractivity (Wildman–Crippen MR) is 66.1 cm³/mol. The van der Waals surface area contributed by atoms with Crippen LogP contribution in [0.3, 0.4) is 0 Å². The Morgan fingerprint density at radius 2 is 1.65 bits per heavy atom. The first kappa shape index (κ1) is 11.4. The van der Waals surface area contributed by atoms with Gasteiger partial charge in [-0.25, -0.2) is 0 Å². The third kappa shape index (κ3) is 2.72. The summed E-state index contributed by atoms with van der Waals surface area (Å²) in [4.78, 5) is 23.1. The van der Waals surface area contributed by atoms with Gasteiger partial charge < -0.3 is 9.13 Å². The van der Waals surface area contributed by atoms with Crippen LogP contribution in [0.5, 0.6) is 0 Å². The Hall–Kier alpha value is -2.10. The van der Waals surface area contributed by atoms with Crippen LogP contribution in [0.1, 0.15) is 5.56 Å². The van der Waals surface area contributed by atoms with E-state index in [2.05, 4.69) is 0 Å². The van der Waals surface area contributed by atoms with Crippen LogP contribution in [-0.4, -0.2) is 9.13 Å². The summed E-state index contributed by atoms with van der Waals surface area (Å²) in [6.45, 7) is 2.89. The SMILES string of the molecule is Cc1ccn(CCn2ccccc2=O)c(=O)c1. The molecule has 2 aromatic rings. The molecule has 0 radical (unpaired) electrons. The van der Waals surface area contributed by atoms with Gasteiger partial charge in [0.25, 0.3) is 11.1 Å². The normalized spacial score (nSPS) is 10.4. The van der Waals surface area contributed by atoms with Crippen LogP contribution in [0.4, 0.5) is 0 Å². The first-order valence-corrected chi connectivity index (χ1v) is 5.49. The third-order valence-corrected chi connectivity index (χ3v) is 2.63. The summed E-state index contributed by atoms with van der Waals surface area (Å²) in [7, 11) is 0. The molecular weight excluding hydrogens is 216 g/mol. The molecule has 0 amide bonds. The molecule has 0 atom stereocenters. The van der Waals surface area contributed by atoms with Gasteiger partial charge in [0.05, 0.1) is 0 Å². The summed E-state index contributed by atoms with van der Waals surface area (Å²) in [5.41, 5.74) is 0.866. The Bertz CT molecular complexity index is 626. The molecule has 0 N–H and O–H groups in total. The van der Waals surface area contributed by atoms with Gasteiger partial charge in [0.1, 0.15) is 0 Å². The monoisotopic (exact) mass is 230 g/mol. The minimum Gasteiger partial charge on any atom is -0.314 e. The van der Waals surface area contributed by atoms with E-state index >= 15 is 0 Å². The van der Waals surface area contributed by atoms with E-state index < -0.39 is 0 Å². The molecule has 17 heavy (non-hydrogen) atoms. The maximum atomic E-state index is 11.6. The van der Waals surface area contributed by atoms with Crippen LogP contribution in [0.25, 0.3) is 0 Å². The molecule has 2 heterocycles. The molecule has 0 aliphatic carbocycles. The molecule has 0 spiro atoms. The van der Waals surface area contributed by atoms with Crippen molar-refractivity contribution in [2.45, 2.75) is 20.0 Å². The Labute approximate surface area is 98.8 Å². The van der Waals surface area contributed by atoms with Crippen LogP contribution in [-0.2, 0) is 13.1 Å². The Kier molecular flexibility index (Phi) is 3.23. The number of aryl methyl sites for hydroxylation is 3. The summed E-state index contributed by atoms with van der Waals surface area (Å²) in [5, 5.41) is 0. The van der Waals surface area contributed by atoms with Gasteiger partial charge in [-0.1, -0.05) is 6.07 Å². The van der Waals surface area contributed by atoms with Crippen molar-refractivity contribution in [1.82, 2.24) is 9.13 Å². The zero-order chi connectivity index (χ0) is 12.3. The number of nitrogens with zero attached hydrogens (tertiary/aromatic N) is 2. The molecule has 4 nitrogen and oxygen atoms in total. The van der Waals surface area contributed by atoms with Crippen LogP contribution >= 0.6 is 0 Å². The first-order valence-electron chi connectivity index (χ1n) is 5.49. The van der Waals surface area contributed by atoms with Gasteiger partial charge in [-0.15, -0.1) is 0 Å². The average molecular weight is 230 g/mol. The summed E-state index contributed by atoms with van der Waals surface area (Å²) >= 11 is 0. The van der Waals surface area contributed by atoms with Crippen molar-refractivity contribution in [2.75, 3.05) is 0 Å². The van der Waals surface area contributed by atoms with E-state index in [1.165, 1.54) is 6.07 Å². The molecule has 0 saturated carbocycles. The van der Waals surface area contributed by atoms with Crippen molar-refractivity contribution in [3.63, 3.8) is 0 Å². The fourth-order valence-corrected chi connectivity index (χ4v) is 1.65. The maximum Gasteiger partial charge on any atom is 0.250 e. The highest BCUT2D eigenvalue weighted by atomic mass is 16.1. The van der Waals surface area contributed by atoms with Crippen LogP contribution in [0.15, 0.2) is 52.3 Å². The van der Waals surface area contributed by atoms with Crippen molar-refractivity contribution >= 4 is 0 Å². The zero-order valence-corrected chi connectivity index (χ0v) is 9.67. The number of pyridine rings is 2. The minimum atomic E-state index is -0.0485. The second-order valence-corrected chi connectivity index (χ2v) is 3.97. The van der Waals surface area contributed by atoms with E-state index in [9.17, 15) is 9.59 Å². The molecule has 0 unspecified atom stereocenters. The number of hydrogen-bond acceptors (Lipinski definition) is 2. The Morgan fingerprint density at radius 3 is 2.29 bits per heavy atom. The van der Waals surface area contributed by atoms with Crippen molar-refractivity contribution in [2.24, 2.45) is 0 Å². The average Bonchev–Trinajstić information content (AvgIpc) is 2.30. The fourth-order valence-electron chi connectivity index (χ4n) is 1.65. The van der Waals surface area contributed by atoms with Crippen molar-refractivity contribution in [3.05, 3.63) is 69.0 Å². The number of aromatic nitrogens is 2. The standard InChI is InChI=1S/C13H14N2O2/c1-11-5-7-15(13(17)10-11)9-8-14-6-3-2-4-12(14)16/h2-7,10H,8-9H2,1H3. The summed E-state index contributed by atoms with van der Waals surface area (Å²) in [5.74, 6) is 0. The van der Waals surface area contributed by atoms with Gasteiger partial charge in [0, 0.05) is 37.6 Å². The molecule has 0 saturated heterocycles. The summed E-state index contributed by atoms with van der Waals surface area (Å²) in [6, 6.07) is 8.50. The topological polar surface area (TPSA) is 44.0 Å². The van der Waals surface area contributed by atoms with Crippen LogP contribution < -0.4 is 11.1 Å². The largest absolute Gasteiger partial charge is 0.314 e. The number of rotatable bonds is 3. The number of hydrogen-bond donors (Lipinski definition) is 0. The molecule has 88 valence electrons. The maximum absolute atomic E-state index is 11.6. The van der Waals surface area contributed by atoms with Gasteiger partial charge >= 0.3 is 0 Å². The predicted octanol–water partition coefficient (Wildman–Crippen LogP) is 1.02. The highest BCUT2D eigenvalue weighted by Crippen LogP contribution is 1.92. The molecule has 2 aromatic heterocycles. The van der Waals surface area contributed by atoms with E-state index in [0.29, 0.717) is 13.1 Å². The molecule has 0 bridgehead atoms. The summed E-state index contributed by atoms with van der Waals surface area (Å²) < 4.78 is 3.19. The van der Waals surface area contributed by atoms with E-state index in [4.69, 9.17) is 0 Å². The highest BCUT2D eigenvalue weighted by Gasteiger charge is 1.97. The van der Waals surface area contributed by atoms with Crippen molar-refractivity contribution in [1.29, 1.82) is 0 Å². The van der Waals surface area contributed by atoms with Crippen molar-refractivity contribution < 1.29 is 0 Å². The third-order valence-electron chi connectivity index (χ3n) is 2.63. The van der Waals surface area contributed by atoms with Crippen LogP contribution in [0, 0.1) is 6.92 Å². The summed E-state index contributed by atoms with van der Waals surface area (Å²) in [6.07, 6.45) is 3.48. The van der Waals surface area contributed by atoms with E-state index in [1.54, 1.807) is 39.7 Å². The molecule has 0 aliphatic heterocycles. The Balaban J connectivity index is 2.16. The quantitative estimate of drug-likeness (QED) is 0.790. The fraction of sp³-hybridized carbons (Fsp3) is 0.231. The molecule has 0 aromatic carbocycles. The van der Waals surface area contributed by atoms with Crippen LogP contribution in [0.2, 0.25) is 0 Å². The van der Waals surface area contributed by atoms with Gasteiger partial charge in [-0.05, 0) is 24.6 Å². The van der Waals surface area contributed by atoms with E-state index in [0.717, 1.165) is 5.56 Å². The van der Waals surface area contributed by atoms with Gasteiger partial charge in [0.15, 0.2) is 0 Å². The molecular formula is C13H14N2O2. The van der Waals surface area contributed by atoms with Gasteiger partial charge in [-0.3, -0.25) is 9.59 Å². The second-order valence-electron chi connectivity index (χ2n) is 3.97. The smallest absolute Gasteiger partial charge is 0.250 e. The second kappa shape index (κ2) is 4.82. The zero-order valence-electron chi connectivity index (χ0n) is 9.67. The lowest BCUT2D eigenvalue weighted by Crippen LogP contribution is -2.25. The van der Waals surface area contributed by atoms with Crippen molar-refractivity contribution in [3.8, 4) is 0 Å². The Morgan fingerprint density at radius 1 is 0.941 bits per heavy atom. The minimum absolute atomic E-state index is 0.0334. The molecule has 0 fully saturated rings. The molecule has 4 heteroatoms. The van der Waals surface area contributed by atoms with E-state index in [1.807, 2.05) is 13.0 Å². The molecule has 2 rings (SSSR count). The molecule has 0 aliphatic rings. The highest BCUT2D eigenvalue weighted by molar-refractivity contribution is 5.07. The lowest BCUT2D eigenvalue weighted by molar-refractivity contribution is 0.552.